The van der Waals surface area contributed by atoms with E-state index in [4.69, 9.17) is 11.6 Å². The van der Waals surface area contributed by atoms with Gasteiger partial charge in [0.25, 0.3) is 5.56 Å². The number of nitrogens with zero attached hydrogens (tertiary/aromatic N) is 5. The first-order valence-corrected chi connectivity index (χ1v) is 9.71. The predicted molar refractivity (Wildman–Crippen MR) is 111 cm³/mol. The average Bonchev–Trinajstić information content (AvgIpc) is 3.17. The van der Waals surface area contributed by atoms with Crippen molar-refractivity contribution < 1.29 is 0 Å². The van der Waals surface area contributed by atoms with Gasteiger partial charge in [0.2, 0.25) is 5.78 Å². The Morgan fingerprint density at radius 3 is 2.50 bits per heavy atom. The molecule has 3 heterocycles. The third kappa shape index (κ3) is 2.46. The van der Waals surface area contributed by atoms with Gasteiger partial charge in [-0.25, -0.2) is 4.79 Å². The molecular weight excluding hydrogens is 378 g/mol. The molecule has 0 aliphatic heterocycles. The second-order valence-electron chi connectivity index (χ2n) is 7.03. The number of hydrogen-bond donors (Lipinski definition) is 0. The summed E-state index contributed by atoms with van der Waals surface area (Å²) in [6, 6.07) is 7.50. The van der Waals surface area contributed by atoms with Crippen LogP contribution in [0.1, 0.15) is 31.2 Å². The van der Waals surface area contributed by atoms with Crippen LogP contribution in [-0.2, 0) is 13.6 Å². The number of para-hydroxylation sites is 1. The van der Waals surface area contributed by atoms with Crippen molar-refractivity contribution in [1.82, 2.24) is 23.1 Å². The molecule has 0 N–H and O–H groups in total. The lowest BCUT2D eigenvalue weighted by molar-refractivity contribution is 0.566. The molecule has 0 saturated heterocycles. The Hall–Kier alpha value is -2.80. The summed E-state index contributed by atoms with van der Waals surface area (Å²) in [6.07, 6.45) is 1.66. The molecule has 0 atom stereocenters. The summed E-state index contributed by atoms with van der Waals surface area (Å²) in [6.45, 7) is 6.34. The molecule has 0 amide bonds. The van der Waals surface area contributed by atoms with Gasteiger partial charge in [-0.1, -0.05) is 37.1 Å². The average molecular weight is 400 g/mol. The number of imidazole rings is 2. The number of halogens is 1. The van der Waals surface area contributed by atoms with Crippen molar-refractivity contribution in [1.29, 1.82) is 0 Å². The highest BCUT2D eigenvalue weighted by Crippen LogP contribution is 2.28. The number of hydrogen-bond acceptors (Lipinski definition) is 3. The van der Waals surface area contributed by atoms with E-state index >= 15 is 0 Å². The standard InChI is InChI=1S/C20H22ClN5O2/c1-5-6-11-24-18(27)16-17(23(4)20(24)28)22-19-25(12(2)13(3)26(16)19)15-10-8-7-9-14(15)21/h7-10H,5-6,11H2,1-4H3. The Morgan fingerprint density at radius 1 is 1.11 bits per heavy atom. The van der Waals surface area contributed by atoms with E-state index in [0.717, 1.165) is 29.9 Å². The fraction of sp³-hybridized carbons (Fsp3) is 0.350. The lowest BCUT2D eigenvalue weighted by Crippen LogP contribution is -2.39. The zero-order valence-electron chi connectivity index (χ0n) is 16.4. The summed E-state index contributed by atoms with van der Waals surface area (Å²) in [5, 5.41) is 0.587. The molecule has 146 valence electrons. The SMILES string of the molecule is CCCCn1c(=O)c2c(nc3n(-c4ccccc4Cl)c(C)c(C)n23)n(C)c1=O. The molecule has 0 aliphatic rings. The van der Waals surface area contributed by atoms with Crippen LogP contribution < -0.4 is 11.2 Å². The molecule has 3 aromatic heterocycles. The van der Waals surface area contributed by atoms with Gasteiger partial charge >= 0.3 is 5.69 Å². The summed E-state index contributed by atoms with van der Waals surface area (Å²) in [4.78, 5) is 30.6. The highest BCUT2D eigenvalue weighted by atomic mass is 35.5. The monoisotopic (exact) mass is 399 g/mol. The van der Waals surface area contributed by atoms with Crippen molar-refractivity contribution in [3.63, 3.8) is 0 Å². The second-order valence-corrected chi connectivity index (χ2v) is 7.44. The first-order valence-electron chi connectivity index (χ1n) is 9.33. The van der Waals surface area contributed by atoms with Crippen LogP contribution in [0.5, 0.6) is 0 Å². The minimum atomic E-state index is -0.342. The minimum absolute atomic E-state index is 0.307. The van der Waals surface area contributed by atoms with Crippen molar-refractivity contribution in [2.24, 2.45) is 7.05 Å². The quantitative estimate of drug-likeness (QED) is 0.529. The maximum absolute atomic E-state index is 13.2. The molecule has 8 heteroatoms. The van der Waals surface area contributed by atoms with Gasteiger partial charge < -0.3 is 0 Å². The number of aromatic nitrogens is 5. The number of aryl methyl sites for hydroxylation is 2. The van der Waals surface area contributed by atoms with Crippen molar-refractivity contribution in [2.45, 2.75) is 40.2 Å². The Labute approximate surface area is 166 Å². The highest BCUT2D eigenvalue weighted by molar-refractivity contribution is 6.32. The van der Waals surface area contributed by atoms with E-state index in [1.165, 1.54) is 9.13 Å². The highest BCUT2D eigenvalue weighted by Gasteiger charge is 2.23. The Bertz CT molecular complexity index is 1340. The molecule has 0 fully saturated rings. The van der Waals surface area contributed by atoms with Crippen LogP contribution in [0.3, 0.4) is 0 Å². The lowest BCUT2D eigenvalue weighted by atomic mass is 10.3. The van der Waals surface area contributed by atoms with Gasteiger partial charge in [-0.05, 0) is 32.4 Å². The largest absolute Gasteiger partial charge is 0.332 e. The normalized spacial score (nSPS) is 11.8. The van der Waals surface area contributed by atoms with Gasteiger partial charge in [0.05, 0.1) is 10.7 Å². The van der Waals surface area contributed by atoms with E-state index in [9.17, 15) is 9.59 Å². The molecule has 0 spiro atoms. The Kier molecular flexibility index (Phi) is 4.42. The maximum atomic E-state index is 13.2. The third-order valence-electron chi connectivity index (χ3n) is 5.35. The van der Waals surface area contributed by atoms with Crippen molar-refractivity contribution in [3.05, 3.63) is 61.5 Å². The fourth-order valence-corrected chi connectivity index (χ4v) is 3.91. The van der Waals surface area contributed by atoms with Crippen LogP contribution in [0, 0.1) is 13.8 Å². The molecule has 0 aliphatic carbocycles. The van der Waals surface area contributed by atoms with E-state index in [2.05, 4.69) is 4.98 Å². The van der Waals surface area contributed by atoms with Crippen molar-refractivity contribution >= 4 is 28.5 Å². The summed E-state index contributed by atoms with van der Waals surface area (Å²) >= 11 is 6.43. The second kappa shape index (κ2) is 6.67. The molecule has 1 aromatic carbocycles. The molecule has 0 bridgehead atoms. The van der Waals surface area contributed by atoms with Gasteiger partial charge in [-0.2, -0.15) is 4.98 Å². The number of fused-ring (bicyclic) bond motifs is 3. The van der Waals surface area contributed by atoms with Crippen LogP contribution in [-0.4, -0.2) is 23.1 Å². The molecular formula is C20H22ClN5O2. The first-order chi connectivity index (χ1) is 13.4. The molecule has 0 saturated carbocycles. The van der Waals surface area contributed by atoms with Gasteiger partial charge in [0, 0.05) is 25.0 Å². The van der Waals surface area contributed by atoms with Gasteiger partial charge in [-0.3, -0.25) is 22.9 Å². The van der Waals surface area contributed by atoms with Gasteiger partial charge in [0.1, 0.15) is 0 Å². The van der Waals surface area contributed by atoms with Gasteiger partial charge in [0.15, 0.2) is 11.2 Å². The summed E-state index contributed by atoms with van der Waals surface area (Å²) < 4.78 is 6.52. The third-order valence-corrected chi connectivity index (χ3v) is 5.67. The molecule has 7 nitrogen and oxygen atoms in total. The van der Waals surface area contributed by atoms with Crippen LogP contribution >= 0.6 is 11.6 Å². The number of rotatable bonds is 4. The van der Waals surface area contributed by atoms with Crippen LogP contribution in [0.25, 0.3) is 22.6 Å². The van der Waals surface area contributed by atoms with E-state index in [1.807, 2.05) is 54.0 Å². The number of benzene rings is 1. The lowest BCUT2D eigenvalue weighted by Gasteiger charge is -2.09. The molecule has 4 aromatic rings. The summed E-state index contributed by atoms with van der Waals surface area (Å²) in [5.74, 6) is 0.568. The molecule has 4 rings (SSSR count). The zero-order chi connectivity index (χ0) is 20.2. The molecule has 0 unspecified atom stereocenters. The fourth-order valence-electron chi connectivity index (χ4n) is 3.69. The summed E-state index contributed by atoms with van der Waals surface area (Å²) in [7, 11) is 1.65. The zero-order valence-corrected chi connectivity index (χ0v) is 17.1. The first kappa shape index (κ1) is 18.6. The molecule has 0 radical (unpaired) electrons. The van der Waals surface area contributed by atoms with E-state index < -0.39 is 0 Å². The number of unbranched alkanes of at least 4 members (excludes halogenated alkanes) is 1. The van der Waals surface area contributed by atoms with E-state index in [-0.39, 0.29) is 11.2 Å². The smallest absolute Gasteiger partial charge is 0.281 e. The predicted octanol–water partition coefficient (Wildman–Crippen LogP) is 3.21. The van der Waals surface area contributed by atoms with E-state index in [1.54, 1.807) is 7.05 Å². The summed E-state index contributed by atoms with van der Waals surface area (Å²) in [5.41, 5.74) is 2.75. The van der Waals surface area contributed by atoms with Crippen molar-refractivity contribution in [3.8, 4) is 5.69 Å². The van der Waals surface area contributed by atoms with E-state index in [0.29, 0.717) is 28.5 Å². The maximum Gasteiger partial charge on any atom is 0.332 e. The van der Waals surface area contributed by atoms with Crippen molar-refractivity contribution in [2.75, 3.05) is 0 Å². The van der Waals surface area contributed by atoms with Crippen LogP contribution in [0.4, 0.5) is 0 Å². The van der Waals surface area contributed by atoms with Crippen LogP contribution in [0.15, 0.2) is 33.9 Å². The Morgan fingerprint density at radius 2 is 1.82 bits per heavy atom. The minimum Gasteiger partial charge on any atom is -0.281 e. The van der Waals surface area contributed by atoms with Crippen LogP contribution in [0.2, 0.25) is 5.02 Å². The Balaban J connectivity index is 2.17. The van der Waals surface area contributed by atoms with Gasteiger partial charge in [-0.15, -0.1) is 0 Å². The topological polar surface area (TPSA) is 66.2 Å². The molecule has 28 heavy (non-hydrogen) atoms.